The van der Waals surface area contributed by atoms with Gasteiger partial charge in [0.25, 0.3) is 0 Å². The van der Waals surface area contributed by atoms with Gasteiger partial charge in [-0.05, 0) is 45.3 Å². The summed E-state index contributed by atoms with van der Waals surface area (Å²) in [5, 5.41) is 3.03. The summed E-state index contributed by atoms with van der Waals surface area (Å²) >= 11 is 1.93. The summed E-state index contributed by atoms with van der Waals surface area (Å²) in [5.74, 6) is 2.82. The van der Waals surface area contributed by atoms with Crippen molar-refractivity contribution in [3.8, 4) is 5.75 Å². The number of anilines is 1. The van der Waals surface area contributed by atoms with Crippen molar-refractivity contribution in [1.29, 1.82) is 0 Å². The van der Waals surface area contributed by atoms with Gasteiger partial charge in [0.15, 0.2) is 0 Å². The van der Waals surface area contributed by atoms with Gasteiger partial charge in [-0.25, -0.2) is 4.79 Å². The monoisotopic (exact) mass is 337 g/mol. The molecule has 0 radical (unpaired) electrons. The van der Waals surface area contributed by atoms with Gasteiger partial charge < -0.3 is 19.9 Å². The molecule has 2 rings (SSSR count). The molecule has 6 heteroatoms. The molecular weight excluding hydrogens is 310 g/mol. The van der Waals surface area contributed by atoms with E-state index >= 15 is 0 Å². The van der Waals surface area contributed by atoms with Crippen LogP contribution in [0.25, 0.3) is 0 Å². The highest BCUT2D eigenvalue weighted by molar-refractivity contribution is 7.99. The second-order valence-corrected chi connectivity index (χ2v) is 7.05. The smallest absolute Gasteiger partial charge is 0.322 e. The third-order valence-corrected chi connectivity index (χ3v) is 4.90. The average molecular weight is 337 g/mol. The van der Waals surface area contributed by atoms with Crippen LogP contribution in [0.4, 0.5) is 10.5 Å². The second-order valence-electron chi connectivity index (χ2n) is 5.90. The van der Waals surface area contributed by atoms with Gasteiger partial charge in [-0.2, -0.15) is 11.8 Å². The molecule has 0 aliphatic carbocycles. The second kappa shape index (κ2) is 9.03. The highest BCUT2D eigenvalue weighted by atomic mass is 32.2. The topological polar surface area (TPSA) is 44.8 Å². The van der Waals surface area contributed by atoms with Crippen LogP contribution in [0.15, 0.2) is 24.3 Å². The van der Waals surface area contributed by atoms with Crippen LogP contribution in [-0.4, -0.2) is 67.2 Å². The van der Waals surface area contributed by atoms with E-state index in [1.54, 1.807) is 0 Å². The maximum absolute atomic E-state index is 12.8. The van der Waals surface area contributed by atoms with Crippen LogP contribution < -0.4 is 10.1 Å². The predicted molar refractivity (Wildman–Crippen MR) is 97.6 cm³/mol. The van der Waals surface area contributed by atoms with E-state index < -0.39 is 0 Å². The molecule has 1 saturated heterocycles. The number of carbonyl (C=O) groups excluding carboxylic acids is 1. The quantitative estimate of drug-likeness (QED) is 0.897. The lowest BCUT2D eigenvalue weighted by molar-refractivity contribution is 0.180. The first-order valence-corrected chi connectivity index (χ1v) is 9.29. The molecule has 0 unspecified atom stereocenters. The number of nitrogens with one attached hydrogen (secondary N) is 1. The standard InChI is InChI=1S/C17H27N3O2S/c1-4-22-16-9-6-5-8-15(16)18-17(21)20-10-7-11-23-13-14(20)12-19(2)3/h5-6,8-9,14H,4,7,10-13H2,1-3H3,(H,18,21)/t14-/m0/s1. The third kappa shape index (κ3) is 5.32. The van der Waals surface area contributed by atoms with Crippen molar-refractivity contribution in [1.82, 2.24) is 9.80 Å². The Hall–Kier alpha value is -1.40. The first-order valence-electron chi connectivity index (χ1n) is 8.13. The van der Waals surface area contributed by atoms with Gasteiger partial charge in [-0.15, -0.1) is 0 Å². The van der Waals surface area contributed by atoms with Crippen LogP contribution in [0.3, 0.4) is 0 Å². The number of likely N-dealkylation sites (N-methyl/N-ethyl adjacent to an activating group) is 1. The maximum atomic E-state index is 12.8. The first kappa shape index (κ1) is 17.9. The van der Waals surface area contributed by atoms with Gasteiger partial charge >= 0.3 is 6.03 Å². The van der Waals surface area contributed by atoms with Gasteiger partial charge in [0.1, 0.15) is 5.75 Å². The number of rotatable bonds is 5. The summed E-state index contributed by atoms with van der Waals surface area (Å²) in [6, 6.07) is 7.79. The number of carbonyl (C=O) groups is 1. The van der Waals surface area contributed by atoms with Crippen molar-refractivity contribution >= 4 is 23.5 Å². The van der Waals surface area contributed by atoms with Crippen LogP contribution in [0.2, 0.25) is 0 Å². The Balaban J connectivity index is 2.10. The van der Waals surface area contributed by atoms with Gasteiger partial charge in [0.2, 0.25) is 0 Å². The highest BCUT2D eigenvalue weighted by Gasteiger charge is 2.26. The summed E-state index contributed by atoms with van der Waals surface area (Å²) in [4.78, 5) is 16.9. The number of para-hydroxylation sites is 2. The molecule has 0 bridgehead atoms. The molecule has 1 aromatic rings. The Morgan fingerprint density at radius 3 is 2.96 bits per heavy atom. The summed E-state index contributed by atoms with van der Waals surface area (Å²) < 4.78 is 5.60. The van der Waals surface area contributed by atoms with Gasteiger partial charge in [-0.3, -0.25) is 0 Å². The number of urea groups is 1. The Morgan fingerprint density at radius 1 is 1.43 bits per heavy atom. The molecule has 1 aliphatic rings. The number of nitrogens with zero attached hydrogens (tertiary/aromatic N) is 2. The normalized spacial score (nSPS) is 18.6. The molecule has 0 spiro atoms. The lowest BCUT2D eigenvalue weighted by Gasteiger charge is -2.31. The minimum absolute atomic E-state index is 0.0356. The highest BCUT2D eigenvalue weighted by Crippen LogP contribution is 2.25. The Bertz CT molecular complexity index is 510. The van der Waals surface area contributed by atoms with E-state index in [0.29, 0.717) is 6.61 Å². The van der Waals surface area contributed by atoms with Crippen molar-refractivity contribution < 1.29 is 9.53 Å². The molecule has 1 aliphatic heterocycles. The fourth-order valence-corrected chi connectivity index (χ4v) is 3.76. The zero-order chi connectivity index (χ0) is 16.7. The largest absolute Gasteiger partial charge is 0.492 e. The van der Waals surface area contributed by atoms with E-state index in [-0.39, 0.29) is 12.1 Å². The number of ether oxygens (including phenoxy) is 1. The zero-order valence-electron chi connectivity index (χ0n) is 14.2. The molecule has 128 valence electrons. The Labute approximate surface area is 143 Å². The molecule has 1 atom stereocenters. The van der Waals surface area contributed by atoms with E-state index in [1.807, 2.05) is 47.9 Å². The Kier molecular flexibility index (Phi) is 7.05. The summed E-state index contributed by atoms with van der Waals surface area (Å²) in [7, 11) is 4.10. The first-order chi connectivity index (χ1) is 11.1. The van der Waals surface area contributed by atoms with Crippen LogP contribution in [0.1, 0.15) is 13.3 Å². The van der Waals surface area contributed by atoms with E-state index in [2.05, 4.69) is 24.3 Å². The van der Waals surface area contributed by atoms with Gasteiger partial charge in [-0.1, -0.05) is 12.1 Å². The third-order valence-electron chi connectivity index (χ3n) is 3.70. The van der Waals surface area contributed by atoms with E-state index in [9.17, 15) is 4.79 Å². The number of amides is 2. The van der Waals surface area contributed by atoms with E-state index in [1.165, 1.54) is 0 Å². The molecule has 1 N–H and O–H groups in total. The van der Waals surface area contributed by atoms with Gasteiger partial charge in [0, 0.05) is 18.8 Å². The molecule has 2 amide bonds. The summed E-state index contributed by atoms with van der Waals surface area (Å²) in [6.45, 7) is 4.20. The molecule has 23 heavy (non-hydrogen) atoms. The Morgan fingerprint density at radius 2 is 2.22 bits per heavy atom. The van der Waals surface area contributed by atoms with Crippen LogP contribution in [0, 0.1) is 0 Å². The van der Waals surface area contributed by atoms with E-state index in [4.69, 9.17) is 4.74 Å². The van der Waals surface area contributed by atoms with E-state index in [0.717, 1.165) is 42.5 Å². The van der Waals surface area contributed by atoms with Crippen molar-refractivity contribution in [2.45, 2.75) is 19.4 Å². The lowest BCUT2D eigenvalue weighted by Crippen LogP contribution is -2.48. The SMILES string of the molecule is CCOc1ccccc1NC(=O)N1CCCSC[C@@H]1CN(C)C. The minimum Gasteiger partial charge on any atom is -0.492 e. The molecule has 1 heterocycles. The minimum atomic E-state index is -0.0356. The fourth-order valence-electron chi connectivity index (χ4n) is 2.71. The fraction of sp³-hybridized carbons (Fsp3) is 0.588. The van der Waals surface area contributed by atoms with Crippen LogP contribution in [-0.2, 0) is 0 Å². The van der Waals surface area contributed by atoms with Crippen molar-refractivity contribution in [2.24, 2.45) is 0 Å². The predicted octanol–water partition coefficient (Wildman–Crippen LogP) is 2.99. The summed E-state index contributed by atoms with van der Waals surface area (Å²) in [5.41, 5.74) is 0.736. The molecule has 5 nitrogen and oxygen atoms in total. The van der Waals surface area contributed by atoms with Crippen LogP contribution >= 0.6 is 11.8 Å². The van der Waals surface area contributed by atoms with Gasteiger partial charge in [0.05, 0.1) is 18.3 Å². The zero-order valence-corrected chi connectivity index (χ0v) is 15.1. The molecule has 1 fully saturated rings. The molecule has 0 saturated carbocycles. The number of hydrogen-bond acceptors (Lipinski definition) is 4. The molecular formula is C17H27N3O2S. The van der Waals surface area contributed by atoms with Crippen molar-refractivity contribution in [3.63, 3.8) is 0 Å². The van der Waals surface area contributed by atoms with Crippen molar-refractivity contribution in [3.05, 3.63) is 24.3 Å². The average Bonchev–Trinajstić information content (AvgIpc) is 2.74. The summed E-state index contributed by atoms with van der Waals surface area (Å²) in [6.07, 6.45) is 1.04. The number of benzene rings is 1. The number of hydrogen-bond donors (Lipinski definition) is 1. The number of thioether (sulfide) groups is 1. The maximum Gasteiger partial charge on any atom is 0.322 e. The lowest BCUT2D eigenvalue weighted by atomic mass is 10.2. The van der Waals surface area contributed by atoms with Crippen LogP contribution in [0.5, 0.6) is 5.75 Å². The molecule has 0 aromatic heterocycles. The van der Waals surface area contributed by atoms with Crippen molar-refractivity contribution in [2.75, 3.05) is 50.6 Å². The molecule has 1 aromatic carbocycles.